The Balaban J connectivity index is 1.70. The molecule has 1 fully saturated rings. The monoisotopic (exact) mass is 287 g/mol. The predicted molar refractivity (Wildman–Crippen MR) is 76.1 cm³/mol. The molecule has 1 unspecified atom stereocenters. The molecule has 110 valence electrons. The maximum Gasteiger partial charge on any atom is 0.322 e. The Morgan fingerprint density at radius 3 is 2.86 bits per heavy atom. The number of carbonyl (C=O) groups is 1. The molecule has 0 saturated carbocycles. The van der Waals surface area contributed by atoms with Gasteiger partial charge in [-0.25, -0.2) is 0 Å². The number of nitrogens with zero attached hydrogens (tertiary/aromatic N) is 2. The molecule has 0 aliphatic carbocycles. The number of rotatable bonds is 3. The van der Waals surface area contributed by atoms with Crippen molar-refractivity contribution in [2.24, 2.45) is 0 Å². The number of carbonyl (C=O) groups excluding carboxylic acids is 1. The molecule has 2 heterocycles. The molecule has 21 heavy (non-hydrogen) atoms. The minimum atomic E-state index is -0.263. The molecule has 1 aliphatic heterocycles. The molecule has 1 saturated heterocycles. The van der Waals surface area contributed by atoms with E-state index in [-0.39, 0.29) is 18.0 Å². The van der Waals surface area contributed by atoms with E-state index in [1.807, 2.05) is 26.0 Å². The first-order chi connectivity index (χ1) is 10.1. The normalized spacial score (nSPS) is 17.9. The zero-order valence-corrected chi connectivity index (χ0v) is 12.0. The maximum absolute atomic E-state index is 12.1. The van der Waals surface area contributed by atoms with Gasteiger partial charge in [-0.2, -0.15) is 0 Å². The van der Waals surface area contributed by atoms with Crippen LogP contribution in [0.1, 0.15) is 46.3 Å². The molecule has 6 heteroatoms. The van der Waals surface area contributed by atoms with E-state index in [4.69, 9.17) is 9.15 Å². The average Bonchev–Trinajstić information content (AvgIpc) is 3.12. The molecule has 0 spiro atoms. The molecule has 1 aromatic carbocycles. The van der Waals surface area contributed by atoms with E-state index in [0.29, 0.717) is 18.1 Å². The number of benzene rings is 1. The van der Waals surface area contributed by atoms with Crippen LogP contribution < -0.4 is 5.32 Å². The lowest BCUT2D eigenvalue weighted by Gasteiger charge is -2.04. The summed E-state index contributed by atoms with van der Waals surface area (Å²) in [5.74, 6) is 0.156. The Kier molecular flexibility index (Phi) is 3.70. The van der Waals surface area contributed by atoms with Gasteiger partial charge < -0.3 is 9.15 Å². The Morgan fingerprint density at radius 1 is 1.29 bits per heavy atom. The smallest absolute Gasteiger partial charge is 0.322 e. The van der Waals surface area contributed by atoms with Crippen molar-refractivity contribution in [2.45, 2.75) is 32.8 Å². The van der Waals surface area contributed by atoms with Crippen LogP contribution in [0.5, 0.6) is 0 Å². The van der Waals surface area contributed by atoms with Gasteiger partial charge in [-0.15, -0.1) is 5.10 Å². The van der Waals surface area contributed by atoms with E-state index in [2.05, 4.69) is 15.5 Å². The number of amides is 1. The first-order valence-corrected chi connectivity index (χ1v) is 6.97. The van der Waals surface area contributed by atoms with Crippen LogP contribution in [0.4, 0.5) is 6.01 Å². The molecule has 2 aromatic rings. The minimum Gasteiger partial charge on any atom is -0.405 e. The van der Waals surface area contributed by atoms with Gasteiger partial charge in [0.05, 0.1) is 0 Å². The Bertz CT molecular complexity index is 660. The second-order valence-corrected chi connectivity index (χ2v) is 5.20. The Labute approximate surface area is 122 Å². The summed E-state index contributed by atoms with van der Waals surface area (Å²) in [6.45, 7) is 4.68. The second-order valence-electron chi connectivity index (χ2n) is 5.20. The van der Waals surface area contributed by atoms with Crippen LogP contribution in [0.25, 0.3) is 0 Å². The van der Waals surface area contributed by atoms with Crippen molar-refractivity contribution in [3.8, 4) is 0 Å². The van der Waals surface area contributed by atoms with Crippen LogP contribution in [-0.2, 0) is 4.74 Å². The number of hydrogen-bond acceptors (Lipinski definition) is 5. The zero-order chi connectivity index (χ0) is 14.8. The van der Waals surface area contributed by atoms with Crippen molar-refractivity contribution in [2.75, 3.05) is 11.9 Å². The van der Waals surface area contributed by atoms with E-state index >= 15 is 0 Å². The van der Waals surface area contributed by atoms with Crippen LogP contribution in [0.3, 0.4) is 0 Å². The van der Waals surface area contributed by atoms with Gasteiger partial charge in [0.15, 0.2) is 0 Å². The highest BCUT2D eigenvalue weighted by molar-refractivity contribution is 6.03. The summed E-state index contributed by atoms with van der Waals surface area (Å²) in [5.41, 5.74) is 2.77. The van der Waals surface area contributed by atoms with E-state index in [9.17, 15) is 4.79 Å². The molecule has 1 aliphatic rings. The predicted octanol–water partition coefficient (Wildman–Crippen LogP) is 2.79. The highest BCUT2D eigenvalue weighted by atomic mass is 16.5. The standard InChI is InChI=1S/C15H17N3O3/c1-9-5-6-11(8-10(9)2)13(19)16-15-18-17-14(21-15)12-4-3-7-20-12/h5-6,8,12H,3-4,7H2,1-2H3,(H,16,18,19). The highest BCUT2D eigenvalue weighted by Crippen LogP contribution is 2.28. The zero-order valence-electron chi connectivity index (χ0n) is 12.0. The Morgan fingerprint density at radius 2 is 2.14 bits per heavy atom. The number of aromatic nitrogens is 2. The summed E-state index contributed by atoms with van der Waals surface area (Å²) in [4.78, 5) is 12.1. The van der Waals surface area contributed by atoms with Crippen molar-refractivity contribution in [3.05, 3.63) is 40.8 Å². The van der Waals surface area contributed by atoms with Crippen LogP contribution in [0, 0.1) is 13.8 Å². The second kappa shape index (κ2) is 5.65. The fourth-order valence-corrected chi connectivity index (χ4v) is 2.24. The molecule has 3 rings (SSSR count). The van der Waals surface area contributed by atoms with E-state index in [1.165, 1.54) is 0 Å². The summed E-state index contributed by atoms with van der Waals surface area (Å²) >= 11 is 0. The van der Waals surface area contributed by atoms with E-state index in [0.717, 1.165) is 24.0 Å². The molecule has 1 N–H and O–H groups in total. The van der Waals surface area contributed by atoms with Crippen LogP contribution in [-0.4, -0.2) is 22.7 Å². The largest absolute Gasteiger partial charge is 0.405 e. The summed E-state index contributed by atoms with van der Waals surface area (Å²) in [7, 11) is 0. The van der Waals surface area contributed by atoms with Gasteiger partial charge in [-0.3, -0.25) is 10.1 Å². The molecule has 1 aromatic heterocycles. The lowest BCUT2D eigenvalue weighted by molar-refractivity contribution is 0.0893. The summed E-state index contributed by atoms with van der Waals surface area (Å²) in [5, 5.41) is 10.4. The van der Waals surface area contributed by atoms with Crippen LogP contribution >= 0.6 is 0 Å². The Hall–Kier alpha value is -2.21. The third-order valence-corrected chi connectivity index (χ3v) is 3.64. The fraction of sp³-hybridized carbons (Fsp3) is 0.400. The lowest BCUT2D eigenvalue weighted by Crippen LogP contribution is -2.12. The van der Waals surface area contributed by atoms with Crippen molar-refractivity contribution in [1.29, 1.82) is 0 Å². The van der Waals surface area contributed by atoms with Crippen LogP contribution in [0.15, 0.2) is 22.6 Å². The van der Waals surface area contributed by atoms with Crippen LogP contribution in [0.2, 0.25) is 0 Å². The van der Waals surface area contributed by atoms with E-state index < -0.39 is 0 Å². The number of anilines is 1. The molecule has 0 bridgehead atoms. The molecule has 1 amide bonds. The first-order valence-electron chi connectivity index (χ1n) is 6.97. The number of aryl methyl sites for hydroxylation is 2. The topological polar surface area (TPSA) is 77.2 Å². The third-order valence-electron chi connectivity index (χ3n) is 3.64. The first kappa shape index (κ1) is 13.8. The summed E-state index contributed by atoms with van der Waals surface area (Å²) < 4.78 is 10.9. The van der Waals surface area contributed by atoms with Gasteiger partial charge in [0.1, 0.15) is 6.10 Å². The third kappa shape index (κ3) is 2.95. The summed E-state index contributed by atoms with van der Waals surface area (Å²) in [6.07, 6.45) is 1.70. The number of ether oxygens (including phenoxy) is 1. The van der Waals surface area contributed by atoms with Gasteiger partial charge in [0, 0.05) is 12.2 Å². The molecule has 0 radical (unpaired) electrons. The quantitative estimate of drug-likeness (QED) is 0.939. The number of hydrogen-bond donors (Lipinski definition) is 1. The van der Waals surface area contributed by atoms with Gasteiger partial charge in [-0.1, -0.05) is 11.2 Å². The average molecular weight is 287 g/mol. The van der Waals surface area contributed by atoms with Crippen molar-refractivity contribution in [3.63, 3.8) is 0 Å². The van der Waals surface area contributed by atoms with Crippen molar-refractivity contribution >= 4 is 11.9 Å². The number of nitrogens with one attached hydrogen (secondary N) is 1. The van der Waals surface area contributed by atoms with Gasteiger partial charge >= 0.3 is 6.01 Å². The minimum absolute atomic E-state index is 0.101. The van der Waals surface area contributed by atoms with Gasteiger partial charge in [-0.05, 0) is 49.9 Å². The molecule has 6 nitrogen and oxygen atoms in total. The summed E-state index contributed by atoms with van der Waals surface area (Å²) in [6, 6.07) is 5.62. The van der Waals surface area contributed by atoms with E-state index in [1.54, 1.807) is 6.07 Å². The molecular formula is C15H17N3O3. The molecular weight excluding hydrogens is 270 g/mol. The maximum atomic E-state index is 12.1. The fourth-order valence-electron chi connectivity index (χ4n) is 2.24. The van der Waals surface area contributed by atoms with Crippen molar-refractivity contribution < 1.29 is 13.9 Å². The lowest BCUT2D eigenvalue weighted by atomic mass is 10.1. The van der Waals surface area contributed by atoms with Gasteiger partial charge in [0.25, 0.3) is 5.91 Å². The highest BCUT2D eigenvalue weighted by Gasteiger charge is 2.24. The SMILES string of the molecule is Cc1ccc(C(=O)Nc2nnc(C3CCCO3)o2)cc1C. The van der Waals surface area contributed by atoms with Crippen molar-refractivity contribution in [1.82, 2.24) is 10.2 Å². The van der Waals surface area contributed by atoms with Gasteiger partial charge in [0.2, 0.25) is 5.89 Å². The molecule has 1 atom stereocenters.